The molecule has 1 unspecified atom stereocenters. The van der Waals surface area contributed by atoms with E-state index in [1.807, 2.05) is 67.6 Å². The molecule has 1 fully saturated rings. The molecule has 28 heavy (non-hydrogen) atoms. The van der Waals surface area contributed by atoms with E-state index >= 15 is 0 Å². The lowest BCUT2D eigenvalue weighted by Crippen LogP contribution is -2.66. The van der Waals surface area contributed by atoms with Gasteiger partial charge in [0.15, 0.2) is 0 Å². The summed E-state index contributed by atoms with van der Waals surface area (Å²) >= 11 is 0. The van der Waals surface area contributed by atoms with Crippen LogP contribution in [0, 0.1) is 0 Å². The molecule has 142 valence electrons. The number of pyridine rings is 1. The number of hydrogen-bond acceptors (Lipinski definition) is 3. The maximum absolute atomic E-state index is 13.0. The fourth-order valence-electron chi connectivity index (χ4n) is 3.70. The Balaban J connectivity index is 1.45. The number of aryl methyl sites for hydroxylation is 1. The Kier molecular flexibility index (Phi) is 4.82. The SMILES string of the molecule is CC1(C(=O)Nc2cccc3ncccc23)CCN1C(=O)CCc1ccccc1. The number of rotatable bonds is 5. The van der Waals surface area contributed by atoms with Crippen molar-refractivity contribution in [2.45, 2.75) is 31.7 Å². The second kappa shape index (κ2) is 7.43. The molecule has 0 radical (unpaired) electrons. The molecule has 1 aliphatic rings. The molecule has 5 nitrogen and oxygen atoms in total. The molecule has 2 aromatic carbocycles. The number of amides is 2. The Bertz CT molecular complexity index is 1010. The molecular weight excluding hydrogens is 350 g/mol. The molecule has 1 saturated heterocycles. The van der Waals surface area contributed by atoms with Gasteiger partial charge in [-0.1, -0.05) is 36.4 Å². The van der Waals surface area contributed by atoms with Gasteiger partial charge in [-0.3, -0.25) is 14.6 Å². The van der Waals surface area contributed by atoms with Gasteiger partial charge in [-0.05, 0) is 49.6 Å². The summed E-state index contributed by atoms with van der Waals surface area (Å²) < 4.78 is 0. The molecule has 2 amide bonds. The summed E-state index contributed by atoms with van der Waals surface area (Å²) in [5.41, 5.74) is 1.87. The molecular formula is C23H23N3O2. The summed E-state index contributed by atoms with van der Waals surface area (Å²) in [6, 6.07) is 19.4. The van der Waals surface area contributed by atoms with E-state index in [1.54, 1.807) is 11.1 Å². The molecule has 3 aromatic rings. The van der Waals surface area contributed by atoms with Gasteiger partial charge in [0.1, 0.15) is 5.54 Å². The molecule has 4 rings (SSSR count). The maximum atomic E-state index is 13.0. The first-order valence-electron chi connectivity index (χ1n) is 9.57. The molecule has 1 aliphatic heterocycles. The van der Waals surface area contributed by atoms with Crippen LogP contribution < -0.4 is 5.32 Å². The topological polar surface area (TPSA) is 62.3 Å². The Hall–Kier alpha value is -3.21. The fourth-order valence-corrected chi connectivity index (χ4v) is 3.70. The van der Waals surface area contributed by atoms with Crippen molar-refractivity contribution >= 4 is 28.4 Å². The van der Waals surface area contributed by atoms with E-state index in [0.717, 1.165) is 22.2 Å². The summed E-state index contributed by atoms with van der Waals surface area (Å²) in [5, 5.41) is 3.91. The van der Waals surface area contributed by atoms with Crippen LogP contribution in [0.15, 0.2) is 66.9 Å². The van der Waals surface area contributed by atoms with E-state index in [4.69, 9.17) is 0 Å². The summed E-state index contributed by atoms with van der Waals surface area (Å²) in [4.78, 5) is 31.8. The zero-order chi connectivity index (χ0) is 19.6. The average molecular weight is 373 g/mol. The predicted octanol–water partition coefficient (Wildman–Crippen LogP) is 3.80. The molecule has 1 atom stereocenters. The van der Waals surface area contributed by atoms with Crippen molar-refractivity contribution in [3.8, 4) is 0 Å². The highest BCUT2D eigenvalue weighted by atomic mass is 16.2. The van der Waals surface area contributed by atoms with Gasteiger partial charge in [0.05, 0.1) is 11.2 Å². The van der Waals surface area contributed by atoms with Gasteiger partial charge in [0.25, 0.3) is 0 Å². The summed E-state index contributed by atoms with van der Waals surface area (Å²) in [6.07, 6.45) is 3.49. The van der Waals surface area contributed by atoms with Gasteiger partial charge < -0.3 is 10.2 Å². The summed E-state index contributed by atoms with van der Waals surface area (Å²) in [6.45, 7) is 2.46. The van der Waals surface area contributed by atoms with Crippen molar-refractivity contribution in [2.75, 3.05) is 11.9 Å². The van der Waals surface area contributed by atoms with Gasteiger partial charge in [-0.15, -0.1) is 0 Å². The molecule has 2 heterocycles. The molecule has 0 spiro atoms. The second-order valence-corrected chi connectivity index (χ2v) is 7.38. The third kappa shape index (κ3) is 3.36. The monoisotopic (exact) mass is 373 g/mol. The normalized spacial score (nSPS) is 18.5. The van der Waals surface area contributed by atoms with Crippen molar-refractivity contribution < 1.29 is 9.59 Å². The molecule has 5 heteroatoms. The minimum absolute atomic E-state index is 0.0207. The zero-order valence-electron chi connectivity index (χ0n) is 15.9. The number of fused-ring (bicyclic) bond motifs is 1. The number of nitrogens with zero attached hydrogens (tertiary/aromatic N) is 2. The van der Waals surface area contributed by atoms with Crippen molar-refractivity contribution in [3.05, 3.63) is 72.4 Å². The largest absolute Gasteiger partial charge is 0.328 e. The first-order valence-corrected chi connectivity index (χ1v) is 9.57. The van der Waals surface area contributed by atoms with Crippen LogP contribution in [-0.2, 0) is 16.0 Å². The summed E-state index contributed by atoms with van der Waals surface area (Å²) in [5.74, 6) is -0.129. The van der Waals surface area contributed by atoms with Crippen LogP contribution >= 0.6 is 0 Å². The van der Waals surface area contributed by atoms with Crippen LogP contribution in [0.25, 0.3) is 10.9 Å². The first-order chi connectivity index (χ1) is 13.6. The summed E-state index contributed by atoms with van der Waals surface area (Å²) in [7, 11) is 0. The highest BCUT2D eigenvalue weighted by Crippen LogP contribution is 2.33. The molecule has 0 saturated carbocycles. The van der Waals surface area contributed by atoms with E-state index in [0.29, 0.717) is 25.8 Å². The van der Waals surface area contributed by atoms with Gasteiger partial charge in [-0.25, -0.2) is 0 Å². The number of benzene rings is 2. The zero-order valence-corrected chi connectivity index (χ0v) is 15.9. The van der Waals surface area contributed by atoms with Crippen LogP contribution in [0.5, 0.6) is 0 Å². The Labute approximate surface area is 164 Å². The van der Waals surface area contributed by atoms with Gasteiger partial charge >= 0.3 is 0 Å². The van der Waals surface area contributed by atoms with Crippen molar-refractivity contribution in [1.29, 1.82) is 0 Å². The number of hydrogen-bond donors (Lipinski definition) is 1. The lowest BCUT2D eigenvalue weighted by molar-refractivity contribution is -0.154. The third-order valence-corrected chi connectivity index (χ3v) is 5.57. The number of likely N-dealkylation sites (tertiary alicyclic amines) is 1. The van der Waals surface area contributed by atoms with Crippen molar-refractivity contribution in [2.24, 2.45) is 0 Å². The van der Waals surface area contributed by atoms with E-state index < -0.39 is 5.54 Å². The van der Waals surface area contributed by atoms with Crippen LogP contribution in [-0.4, -0.2) is 33.8 Å². The Morgan fingerprint density at radius 1 is 1.07 bits per heavy atom. The predicted molar refractivity (Wildman–Crippen MR) is 110 cm³/mol. The quantitative estimate of drug-likeness (QED) is 0.740. The number of carbonyl (C=O) groups is 2. The molecule has 0 aliphatic carbocycles. The minimum atomic E-state index is -0.807. The van der Waals surface area contributed by atoms with Gasteiger partial charge in [-0.2, -0.15) is 0 Å². The highest BCUT2D eigenvalue weighted by molar-refractivity contribution is 6.06. The lowest BCUT2D eigenvalue weighted by atomic mass is 9.84. The Morgan fingerprint density at radius 2 is 1.89 bits per heavy atom. The number of nitrogens with one attached hydrogen (secondary N) is 1. The van der Waals surface area contributed by atoms with Crippen molar-refractivity contribution in [1.82, 2.24) is 9.88 Å². The number of anilines is 1. The van der Waals surface area contributed by atoms with E-state index in [1.165, 1.54) is 0 Å². The number of aromatic nitrogens is 1. The van der Waals surface area contributed by atoms with E-state index in [9.17, 15) is 9.59 Å². The Morgan fingerprint density at radius 3 is 2.64 bits per heavy atom. The third-order valence-electron chi connectivity index (χ3n) is 5.57. The van der Waals surface area contributed by atoms with E-state index in [2.05, 4.69) is 10.3 Å². The molecule has 1 aromatic heterocycles. The average Bonchev–Trinajstić information content (AvgIpc) is 2.72. The van der Waals surface area contributed by atoms with E-state index in [-0.39, 0.29) is 11.8 Å². The lowest BCUT2D eigenvalue weighted by Gasteiger charge is -2.49. The maximum Gasteiger partial charge on any atom is 0.250 e. The molecule has 0 bridgehead atoms. The van der Waals surface area contributed by atoms with Crippen LogP contribution in [0.4, 0.5) is 5.69 Å². The highest BCUT2D eigenvalue weighted by Gasteiger charge is 2.49. The van der Waals surface area contributed by atoms with Crippen LogP contribution in [0.3, 0.4) is 0 Å². The number of carbonyl (C=O) groups excluding carboxylic acids is 2. The second-order valence-electron chi connectivity index (χ2n) is 7.38. The fraction of sp³-hybridized carbons (Fsp3) is 0.261. The van der Waals surface area contributed by atoms with Crippen LogP contribution in [0.2, 0.25) is 0 Å². The molecule has 1 N–H and O–H groups in total. The first kappa shape index (κ1) is 18.2. The standard InChI is InChI=1S/C23H23N3O2/c1-23(14-16-26(23)21(27)13-12-17-7-3-2-4-8-17)22(28)25-20-11-5-10-19-18(20)9-6-15-24-19/h2-11,15H,12-14,16H2,1H3,(H,25,28). The minimum Gasteiger partial charge on any atom is -0.328 e. The van der Waals surface area contributed by atoms with Crippen LogP contribution in [0.1, 0.15) is 25.3 Å². The van der Waals surface area contributed by atoms with Crippen molar-refractivity contribution in [3.63, 3.8) is 0 Å². The smallest absolute Gasteiger partial charge is 0.250 e. The van der Waals surface area contributed by atoms with Gasteiger partial charge in [0, 0.05) is 24.5 Å². The van der Waals surface area contributed by atoms with Gasteiger partial charge in [0.2, 0.25) is 11.8 Å².